The molecule has 0 N–H and O–H groups in total. The summed E-state index contributed by atoms with van der Waals surface area (Å²) in [6, 6.07) is 13.2. The van der Waals surface area contributed by atoms with Crippen molar-refractivity contribution in [2.45, 2.75) is 23.9 Å². The van der Waals surface area contributed by atoms with Crippen LogP contribution in [0.3, 0.4) is 0 Å². The van der Waals surface area contributed by atoms with Gasteiger partial charge in [0.15, 0.2) is 0 Å². The van der Waals surface area contributed by atoms with Crippen LogP contribution >= 0.6 is 11.8 Å². The highest BCUT2D eigenvalue weighted by atomic mass is 32.2. The molecule has 0 saturated carbocycles. The van der Waals surface area contributed by atoms with Gasteiger partial charge in [0.1, 0.15) is 10.7 Å². The number of halogens is 3. The van der Waals surface area contributed by atoms with E-state index in [2.05, 4.69) is 15.0 Å². The second kappa shape index (κ2) is 6.90. The van der Waals surface area contributed by atoms with Crippen molar-refractivity contribution in [3.8, 4) is 0 Å². The summed E-state index contributed by atoms with van der Waals surface area (Å²) in [5.74, 6) is -0.978. The molecule has 0 radical (unpaired) electrons. The summed E-state index contributed by atoms with van der Waals surface area (Å²) in [5, 5.41) is 0.720. The number of fused-ring (bicyclic) bond motifs is 2. The third-order valence-electron chi connectivity index (χ3n) is 4.11. The first-order valence-corrected chi connectivity index (χ1v) is 9.26. The molecule has 0 fully saturated rings. The summed E-state index contributed by atoms with van der Waals surface area (Å²) >= 11 is 1.09. The summed E-state index contributed by atoms with van der Waals surface area (Å²) in [6.45, 7) is 1.80. The van der Waals surface area contributed by atoms with Crippen LogP contribution in [0.4, 0.5) is 13.2 Å². The Kier molecular flexibility index (Phi) is 4.54. The number of aromatic nitrogens is 4. The number of hydrogen-bond acceptors (Lipinski definition) is 5. The van der Waals surface area contributed by atoms with Crippen molar-refractivity contribution in [1.29, 1.82) is 0 Å². The molecule has 0 amide bonds. The zero-order chi connectivity index (χ0) is 19.9. The lowest BCUT2D eigenvalue weighted by Crippen LogP contribution is -2.17. The van der Waals surface area contributed by atoms with Crippen LogP contribution in [0.2, 0.25) is 0 Å². The van der Waals surface area contributed by atoms with E-state index in [0.717, 1.165) is 17.5 Å². The van der Waals surface area contributed by atoms with Gasteiger partial charge in [-0.2, -0.15) is 13.2 Å². The van der Waals surface area contributed by atoms with Gasteiger partial charge in [-0.3, -0.25) is 9.20 Å². The number of hydrogen-bond donors (Lipinski definition) is 0. The van der Waals surface area contributed by atoms with E-state index in [1.54, 1.807) is 43.3 Å². The molecule has 0 bridgehead atoms. The molecule has 0 aliphatic carbocycles. The zero-order valence-electron chi connectivity index (χ0n) is 14.6. The van der Waals surface area contributed by atoms with Crippen LogP contribution in [0, 0.1) is 6.92 Å². The minimum atomic E-state index is -4.64. The average Bonchev–Trinajstić information content (AvgIpc) is 2.65. The van der Waals surface area contributed by atoms with E-state index in [-0.39, 0.29) is 21.9 Å². The zero-order valence-corrected chi connectivity index (χ0v) is 15.4. The number of alkyl halides is 3. The van der Waals surface area contributed by atoms with Crippen LogP contribution in [0.25, 0.3) is 16.6 Å². The third kappa shape index (κ3) is 3.45. The molecule has 0 atom stereocenters. The lowest BCUT2D eigenvalue weighted by atomic mass is 10.2. The van der Waals surface area contributed by atoms with Crippen molar-refractivity contribution in [2.24, 2.45) is 0 Å². The lowest BCUT2D eigenvalue weighted by molar-refractivity contribution is -0.145. The summed E-state index contributed by atoms with van der Waals surface area (Å²) in [6.07, 6.45) is -4.64. The molecule has 0 spiro atoms. The highest BCUT2D eigenvalue weighted by Crippen LogP contribution is 2.33. The van der Waals surface area contributed by atoms with Gasteiger partial charge in [-0.15, -0.1) is 0 Å². The van der Waals surface area contributed by atoms with Gasteiger partial charge in [0.25, 0.3) is 5.56 Å². The van der Waals surface area contributed by atoms with Gasteiger partial charge in [-0.05, 0) is 25.1 Å². The van der Waals surface area contributed by atoms with Gasteiger partial charge in [0, 0.05) is 22.9 Å². The molecule has 142 valence electrons. The second-order valence-electron chi connectivity index (χ2n) is 6.10. The molecule has 9 heteroatoms. The smallest absolute Gasteiger partial charge is 0.269 e. The van der Waals surface area contributed by atoms with Crippen molar-refractivity contribution in [1.82, 2.24) is 19.4 Å². The second-order valence-corrected chi connectivity index (χ2v) is 7.07. The van der Waals surface area contributed by atoms with E-state index in [9.17, 15) is 18.0 Å². The van der Waals surface area contributed by atoms with Crippen molar-refractivity contribution >= 4 is 28.3 Å². The van der Waals surface area contributed by atoms with Crippen molar-refractivity contribution in [3.63, 3.8) is 0 Å². The first kappa shape index (κ1) is 18.4. The standard InChI is InChI=1S/C19H13F3N4OS/c1-11-5-4-8-15-23-12(9-16(27)26(11)15)10-28-17-13-6-2-3-7-14(13)24-18(25-17)19(20,21)22/h2-9H,10H2,1H3. The van der Waals surface area contributed by atoms with E-state index in [1.165, 1.54) is 16.5 Å². The number of pyridine rings is 1. The van der Waals surface area contributed by atoms with Crippen LogP contribution in [0.1, 0.15) is 17.2 Å². The van der Waals surface area contributed by atoms with E-state index in [4.69, 9.17) is 0 Å². The summed E-state index contributed by atoms with van der Waals surface area (Å²) in [5.41, 5.74) is 1.70. The number of benzene rings is 1. The molecular weight excluding hydrogens is 389 g/mol. The summed E-state index contributed by atoms with van der Waals surface area (Å²) in [4.78, 5) is 24.1. The minimum absolute atomic E-state index is 0.198. The Bertz CT molecular complexity index is 1250. The van der Waals surface area contributed by atoms with Crippen molar-refractivity contribution in [3.05, 3.63) is 76.1 Å². The maximum atomic E-state index is 13.1. The largest absolute Gasteiger partial charge is 0.451 e. The number of nitrogens with zero attached hydrogens (tertiary/aromatic N) is 4. The first-order valence-electron chi connectivity index (χ1n) is 8.28. The van der Waals surface area contributed by atoms with E-state index in [0.29, 0.717) is 16.7 Å². The quantitative estimate of drug-likeness (QED) is 0.379. The van der Waals surface area contributed by atoms with Gasteiger partial charge in [0.05, 0.1) is 11.2 Å². The van der Waals surface area contributed by atoms with Gasteiger partial charge in [-0.25, -0.2) is 15.0 Å². The Morgan fingerprint density at radius 2 is 1.82 bits per heavy atom. The molecule has 5 nitrogen and oxygen atoms in total. The van der Waals surface area contributed by atoms with Gasteiger partial charge < -0.3 is 0 Å². The lowest BCUT2D eigenvalue weighted by Gasteiger charge is -2.10. The predicted molar refractivity (Wildman–Crippen MR) is 100 cm³/mol. The van der Waals surface area contributed by atoms with Gasteiger partial charge in [-0.1, -0.05) is 36.0 Å². The fourth-order valence-corrected chi connectivity index (χ4v) is 3.78. The van der Waals surface area contributed by atoms with E-state index in [1.807, 2.05) is 0 Å². The molecule has 0 saturated heterocycles. The van der Waals surface area contributed by atoms with Crippen LogP contribution in [-0.2, 0) is 11.9 Å². The highest BCUT2D eigenvalue weighted by molar-refractivity contribution is 7.98. The molecule has 4 aromatic rings. The number of para-hydroxylation sites is 1. The Balaban J connectivity index is 1.73. The van der Waals surface area contributed by atoms with Crippen LogP contribution < -0.4 is 5.56 Å². The SMILES string of the molecule is Cc1cccc2nc(CSc3nc(C(F)(F)F)nc4ccccc34)cc(=O)n12. The normalized spacial score (nSPS) is 12.0. The molecule has 3 heterocycles. The predicted octanol–water partition coefficient (Wildman–Crippen LogP) is 4.26. The fourth-order valence-electron chi connectivity index (χ4n) is 2.86. The molecule has 0 aliphatic rings. The molecule has 4 rings (SSSR count). The number of rotatable bonds is 3. The number of aryl methyl sites for hydroxylation is 1. The Morgan fingerprint density at radius 1 is 1.04 bits per heavy atom. The summed E-state index contributed by atoms with van der Waals surface area (Å²) < 4.78 is 40.9. The molecule has 1 aromatic carbocycles. The monoisotopic (exact) mass is 402 g/mol. The molecule has 3 aromatic heterocycles. The maximum Gasteiger partial charge on any atom is 0.451 e. The Labute approximate surface area is 161 Å². The third-order valence-corrected chi connectivity index (χ3v) is 5.14. The fraction of sp³-hybridized carbons (Fsp3) is 0.158. The minimum Gasteiger partial charge on any atom is -0.269 e. The van der Waals surface area contributed by atoms with Gasteiger partial charge >= 0.3 is 6.18 Å². The molecule has 28 heavy (non-hydrogen) atoms. The topological polar surface area (TPSA) is 60.2 Å². The maximum absolute atomic E-state index is 13.1. The molecule has 0 unspecified atom stereocenters. The van der Waals surface area contributed by atoms with Crippen LogP contribution in [0.5, 0.6) is 0 Å². The van der Waals surface area contributed by atoms with E-state index < -0.39 is 12.0 Å². The Morgan fingerprint density at radius 3 is 2.61 bits per heavy atom. The molecular formula is C19H13F3N4OS. The Hall–Kier alpha value is -2.94. The van der Waals surface area contributed by atoms with Crippen molar-refractivity contribution < 1.29 is 13.2 Å². The molecule has 0 aliphatic heterocycles. The van der Waals surface area contributed by atoms with Crippen LogP contribution in [0.15, 0.2) is 58.4 Å². The average molecular weight is 402 g/mol. The first-order chi connectivity index (χ1) is 13.3. The highest BCUT2D eigenvalue weighted by Gasteiger charge is 2.35. The van der Waals surface area contributed by atoms with Crippen molar-refractivity contribution in [2.75, 3.05) is 0 Å². The van der Waals surface area contributed by atoms with Gasteiger partial charge in [0.2, 0.25) is 5.82 Å². The van der Waals surface area contributed by atoms with Crippen LogP contribution in [-0.4, -0.2) is 19.4 Å². The summed E-state index contributed by atoms with van der Waals surface area (Å²) in [7, 11) is 0. The van der Waals surface area contributed by atoms with E-state index >= 15 is 0 Å². The number of thioether (sulfide) groups is 1.